The fourth-order valence-electron chi connectivity index (χ4n) is 3.51. The van der Waals surface area contributed by atoms with Crippen LogP contribution in [-0.4, -0.2) is 29.1 Å². The van der Waals surface area contributed by atoms with Gasteiger partial charge in [-0.15, -0.1) is 0 Å². The molecule has 32 heavy (non-hydrogen) atoms. The molecule has 166 valence electrons. The summed E-state index contributed by atoms with van der Waals surface area (Å²) in [7, 11) is 0. The Morgan fingerprint density at radius 3 is 2.75 bits per heavy atom. The number of hydrogen-bond donors (Lipinski definition) is 2. The number of hydrogen-bond acceptors (Lipinski definition) is 4. The van der Waals surface area contributed by atoms with E-state index in [2.05, 4.69) is 20.6 Å². The van der Waals surface area contributed by atoms with E-state index in [1.807, 2.05) is 13.0 Å². The van der Waals surface area contributed by atoms with Crippen molar-refractivity contribution >= 4 is 23.4 Å². The van der Waals surface area contributed by atoms with Crippen molar-refractivity contribution in [3.8, 4) is 11.3 Å². The number of amides is 2. The monoisotopic (exact) mass is 441 g/mol. The van der Waals surface area contributed by atoms with Crippen molar-refractivity contribution in [2.24, 2.45) is 0 Å². The van der Waals surface area contributed by atoms with Gasteiger partial charge in [0.15, 0.2) is 5.82 Å². The molecule has 1 aliphatic rings. The second kappa shape index (κ2) is 8.86. The first kappa shape index (κ1) is 21.6. The quantitative estimate of drug-likeness (QED) is 0.534. The zero-order valence-electron chi connectivity index (χ0n) is 17.4. The Labute approximate surface area is 183 Å². The number of anilines is 3. The van der Waals surface area contributed by atoms with Crippen molar-refractivity contribution in [2.75, 3.05) is 28.6 Å². The number of aromatic nitrogens is 2. The predicted octanol–water partition coefficient (Wildman–Crippen LogP) is 5.72. The molecule has 0 bridgehead atoms. The molecule has 0 unspecified atom stereocenters. The maximum absolute atomic E-state index is 13.2. The molecule has 9 heteroatoms. The number of nitrogens with one attached hydrogen (secondary N) is 2. The van der Waals surface area contributed by atoms with Gasteiger partial charge in [0.05, 0.1) is 16.9 Å². The summed E-state index contributed by atoms with van der Waals surface area (Å²) in [5.74, 6) is 0.814. The number of alkyl halides is 3. The Balaban J connectivity index is 1.71. The van der Waals surface area contributed by atoms with Gasteiger partial charge in [-0.2, -0.15) is 13.2 Å². The lowest BCUT2D eigenvalue weighted by molar-refractivity contribution is -0.137. The molecule has 0 saturated heterocycles. The molecule has 0 radical (unpaired) electrons. The Hall–Kier alpha value is -3.62. The van der Waals surface area contributed by atoms with Crippen molar-refractivity contribution in [1.82, 2.24) is 9.97 Å². The van der Waals surface area contributed by atoms with Crippen LogP contribution in [0.1, 0.15) is 24.0 Å². The summed E-state index contributed by atoms with van der Waals surface area (Å²) in [5.41, 5.74) is 1.39. The average Bonchev–Trinajstić information content (AvgIpc) is 2.75. The third-order valence-electron chi connectivity index (χ3n) is 5.22. The van der Waals surface area contributed by atoms with E-state index in [-0.39, 0.29) is 0 Å². The number of carbonyl (C=O) groups excluding carboxylic acids is 1. The van der Waals surface area contributed by atoms with Crippen molar-refractivity contribution in [2.45, 2.75) is 25.9 Å². The Morgan fingerprint density at radius 2 is 1.97 bits per heavy atom. The van der Waals surface area contributed by atoms with Gasteiger partial charge in [-0.05, 0) is 55.7 Å². The van der Waals surface area contributed by atoms with Crippen LogP contribution < -0.4 is 15.5 Å². The molecular weight excluding hydrogens is 419 g/mol. The lowest BCUT2D eigenvalue weighted by atomic mass is 10.1. The molecule has 0 atom stereocenters. The van der Waals surface area contributed by atoms with Crippen LogP contribution in [0.2, 0.25) is 0 Å². The van der Waals surface area contributed by atoms with Crippen LogP contribution in [0.15, 0.2) is 54.7 Å². The minimum atomic E-state index is -4.45. The van der Waals surface area contributed by atoms with Gasteiger partial charge in [-0.25, -0.2) is 14.8 Å². The highest BCUT2D eigenvalue weighted by atomic mass is 19.4. The van der Waals surface area contributed by atoms with Gasteiger partial charge >= 0.3 is 12.2 Å². The number of nitrogens with zero attached hydrogens (tertiary/aromatic N) is 3. The van der Waals surface area contributed by atoms with Gasteiger partial charge in [-0.1, -0.05) is 18.2 Å². The smallest absolute Gasteiger partial charge is 0.382 e. The molecule has 3 aromatic rings. The van der Waals surface area contributed by atoms with Gasteiger partial charge in [0.1, 0.15) is 5.82 Å². The zero-order chi connectivity index (χ0) is 22.7. The van der Waals surface area contributed by atoms with E-state index in [0.29, 0.717) is 41.7 Å². The number of rotatable bonds is 2. The zero-order valence-corrected chi connectivity index (χ0v) is 17.4. The van der Waals surface area contributed by atoms with Crippen LogP contribution in [-0.2, 0) is 6.18 Å². The Morgan fingerprint density at radius 1 is 1.12 bits per heavy atom. The third-order valence-corrected chi connectivity index (χ3v) is 5.22. The predicted molar refractivity (Wildman–Crippen MR) is 118 cm³/mol. The first-order valence-corrected chi connectivity index (χ1v) is 10.3. The normalized spacial score (nSPS) is 14.1. The van der Waals surface area contributed by atoms with E-state index in [1.54, 1.807) is 30.5 Å². The van der Waals surface area contributed by atoms with E-state index in [0.717, 1.165) is 30.5 Å². The van der Waals surface area contributed by atoms with E-state index in [9.17, 15) is 18.0 Å². The van der Waals surface area contributed by atoms with Crippen molar-refractivity contribution < 1.29 is 18.0 Å². The molecule has 0 aliphatic carbocycles. The average molecular weight is 441 g/mol. The summed E-state index contributed by atoms with van der Waals surface area (Å²) in [6.45, 7) is 2.98. The molecular formula is C23H22F3N5O. The molecule has 1 aliphatic heterocycles. The van der Waals surface area contributed by atoms with Crippen LogP contribution >= 0.6 is 0 Å². The highest BCUT2D eigenvalue weighted by Crippen LogP contribution is 2.34. The minimum Gasteiger partial charge on any atom is -0.382 e. The van der Waals surface area contributed by atoms with E-state index in [1.165, 1.54) is 11.0 Å². The number of carbonyl (C=O) groups is 1. The molecule has 2 aromatic heterocycles. The first-order chi connectivity index (χ1) is 15.3. The molecule has 2 amide bonds. The molecule has 2 N–H and O–H groups in total. The van der Waals surface area contributed by atoms with Gasteiger partial charge < -0.3 is 5.32 Å². The second-order valence-electron chi connectivity index (χ2n) is 7.53. The molecule has 6 nitrogen and oxygen atoms in total. The Bertz CT molecular complexity index is 1130. The number of urea groups is 1. The third kappa shape index (κ3) is 4.66. The summed E-state index contributed by atoms with van der Waals surface area (Å²) < 4.78 is 39.5. The largest absolute Gasteiger partial charge is 0.416 e. The molecule has 3 heterocycles. The topological polar surface area (TPSA) is 70.2 Å². The number of fused-ring (bicyclic) bond motifs is 1. The summed E-state index contributed by atoms with van der Waals surface area (Å²) in [5, 5.41) is 6.08. The van der Waals surface area contributed by atoms with Gasteiger partial charge in [0.2, 0.25) is 0 Å². The molecule has 0 fully saturated rings. The second-order valence-corrected chi connectivity index (χ2v) is 7.53. The SMILES string of the molecule is Cc1cccnc1NC(=O)N1CCCCNc2ccc(-c3cccc(C(F)(F)F)c3)nc21. The Kier molecular flexibility index (Phi) is 5.98. The summed E-state index contributed by atoms with van der Waals surface area (Å²) >= 11 is 0. The van der Waals surface area contributed by atoms with E-state index >= 15 is 0 Å². The summed E-state index contributed by atoms with van der Waals surface area (Å²) in [6, 6.07) is 11.6. The standard InChI is InChI=1S/C23H22F3N5O/c1-15-6-5-12-28-20(15)30-22(32)31-13-3-2-11-27-19-10-9-18(29-21(19)31)16-7-4-8-17(14-16)23(24,25)26/h4-10,12,14,27H,2-3,11,13H2,1H3,(H,28,30,32). The van der Waals surface area contributed by atoms with Crippen LogP contribution in [0, 0.1) is 6.92 Å². The van der Waals surface area contributed by atoms with Gasteiger partial charge in [0, 0.05) is 24.8 Å². The number of pyridine rings is 2. The molecule has 0 saturated carbocycles. The molecule has 1 aromatic carbocycles. The van der Waals surface area contributed by atoms with Crippen LogP contribution in [0.3, 0.4) is 0 Å². The lowest BCUT2D eigenvalue weighted by Gasteiger charge is -2.27. The number of halogens is 3. The number of benzene rings is 1. The van der Waals surface area contributed by atoms with Crippen molar-refractivity contribution in [1.29, 1.82) is 0 Å². The van der Waals surface area contributed by atoms with Crippen LogP contribution in [0.5, 0.6) is 0 Å². The van der Waals surface area contributed by atoms with E-state index < -0.39 is 17.8 Å². The van der Waals surface area contributed by atoms with Crippen molar-refractivity contribution in [3.63, 3.8) is 0 Å². The fourth-order valence-corrected chi connectivity index (χ4v) is 3.51. The summed E-state index contributed by atoms with van der Waals surface area (Å²) in [4.78, 5) is 23.4. The lowest BCUT2D eigenvalue weighted by Crippen LogP contribution is -2.38. The minimum absolute atomic E-state index is 0.325. The maximum Gasteiger partial charge on any atom is 0.416 e. The van der Waals surface area contributed by atoms with E-state index in [4.69, 9.17) is 0 Å². The fraction of sp³-hybridized carbons (Fsp3) is 0.261. The molecule has 4 rings (SSSR count). The van der Waals surface area contributed by atoms with Crippen LogP contribution in [0.25, 0.3) is 11.3 Å². The highest BCUT2D eigenvalue weighted by molar-refractivity contribution is 6.03. The molecule has 0 spiro atoms. The van der Waals surface area contributed by atoms with Gasteiger partial charge in [-0.3, -0.25) is 10.2 Å². The maximum atomic E-state index is 13.2. The summed E-state index contributed by atoms with van der Waals surface area (Å²) in [6.07, 6.45) is -1.25. The van der Waals surface area contributed by atoms with Crippen LogP contribution in [0.4, 0.5) is 35.3 Å². The first-order valence-electron chi connectivity index (χ1n) is 10.3. The van der Waals surface area contributed by atoms with Gasteiger partial charge in [0.25, 0.3) is 0 Å². The number of aryl methyl sites for hydroxylation is 1. The highest BCUT2D eigenvalue weighted by Gasteiger charge is 2.31. The van der Waals surface area contributed by atoms with Crippen molar-refractivity contribution in [3.05, 3.63) is 65.9 Å².